The average molecular weight is 525 g/mol. The van der Waals surface area contributed by atoms with Crippen LogP contribution in [-0.2, 0) is 22.6 Å². The zero-order chi connectivity index (χ0) is 19.9. The zero-order valence-corrected chi connectivity index (χ0v) is 19.9. The number of morpholine rings is 1. The summed E-state index contributed by atoms with van der Waals surface area (Å²) >= 11 is 0. The molecule has 30 heavy (non-hydrogen) atoms. The van der Waals surface area contributed by atoms with E-state index in [0.717, 1.165) is 58.2 Å². The van der Waals surface area contributed by atoms with E-state index in [1.807, 2.05) is 18.7 Å². The average Bonchev–Trinajstić information content (AvgIpc) is 3.46. The van der Waals surface area contributed by atoms with E-state index in [2.05, 4.69) is 51.0 Å². The number of halogens is 1. The lowest BCUT2D eigenvalue weighted by molar-refractivity contribution is -0.0817. The second-order valence-corrected chi connectivity index (χ2v) is 7.63. The summed E-state index contributed by atoms with van der Waals surface area (Å²) in [5, 5.41) is 3.45. The number of aliphatic imine (C=N–C) groups is 1. The second kappa shape index (κ2) is 11.7. The van der Waals surface area contributed by atoms with Gasteiger partial charge in [0, 0.05) is 45.2 Å². The number of rotatable bonds is 6. The van der Waals surface area contributed by atoms with Crippen molar-refractivity contribution in [3.05, 3.63) is 54.1 Å². The first kappa shape index (κ1) is 23.0. The largest absolute Gasteiger partial charge is 0.375 e. The fourth-order valence-corrected chi connectivity index (χ4v) is 4.00. The monoisotopic (exact) mass is 525 g/mol. The molecular formula is C22H32IN5O2. The molecule has 2 aromatic rings. The van der Waals surface area contributed by atoms with Gasteiger partial charge in [-0.1, -0.05) is 24.3 Å². The first-order valence-corrected chi connectivity index (χ1v) is 10.6. The van der Waals surface area contributed by atoms with Crippen molar-refractivity contribution in [3.8, 4) is 0 Å². The molecule has 0 aliphatic carbocycles. The Labute approximate surface area is 195 Å². The first-order chi connectivity index (χ1) is 14.3. The molecule has 1 aromatic heterocycles. The third-order valence-corrected chi connectivity index (χ3v) is 5.43. The Morgan fingerprint density at radius 3 is 2.87 bits per heavy atom. The molecule has 0 amide bonds. The SMILES string of the molecule is CCNC(=NCc1cccc(Cn2ccnc2)c1)N1CCOC(C2CCCO2)C1.I. The molecule has 2 saturated heterocycles. The summed E-state index contributed by atoms with van der Waals surface area (Å²) in [6.45, 7) is 7.70. The molecule has 164 valence electrons. The van der Waals surface area contributed by atoms with Crippen LogP contribution in [0.2, 0.25) is 0 Å². The van der Waals surface area contributed by atoms with E-state index in [1.54, 1.807) is 0 Å². The molecule has 3 heterocycles. The van der Waals surface area contributed by atoms with Crippen LogP contribution in [0, 0.1) is 0 Å². The van der Waals surface area contributed by atoms with Crippen molar-refractivity contribution >= 4 is 29.9 Å². The summed E-state index contributed by atoms with van der Waals surface area (Å²) < 4.78 is 13.9. The van der Waals surface area contributed by atoms with Crippen LogP contribution in [-0.4, -0.2) is 65.5 Å². The molecule has 0 saturated carbocycles. The van der Waals surface area contributed by atoms with Crippen molar-refractivity contribution in [2.24, 2.45) is 4.99 Å². The minimum Gasteiger partial charge on any atom is -0.375 e. The Morgan fingerprint density at radius 1 is 1.23 bits per heavy atom. The van der Waals surface area contributed by atoms with E-state index >= 15 is 0 Å². The van der Waals surface area contributed by atoms with Gasteiger partial charge in [0.05, 0.1) is 25.6 Å². The lowest BCUT2D eigenvalue weighted by Crippen LogP contribution is -2.53. The van der Waals surface area contributed by atoms with Crippen LogP contribution < -0.4 is 5.32 Å². The van der Waals surface area contributed by atoms with Gasteiger partial charge in [-0.2, -0.15) is 0 Å². The summed E-state index contributed by atoms with van der Waals surface area (Å²) in [6, 6.07) is 8.61. The van der Waals surface area contributed by atoms with Crippen LogP contribution >= 0.6 is 24.0 Å². The van der Waals surface area contributed by atoms with Crippen LogP contribution in [0.25, 0.3) is 0 Å². The predicted octanol–water partition coefficient (Wildman–Crippen LogP) is 2.89. The van der Waals surface area contributed by atoms with E-state index in [4.69, 9.17) is 14.5 Å². The molecule has 0 spiro atoms. The number of ether oxygens (including phenoxy) is 2. The summed E-state index contributed by atoms with van der Waals surface area (Å²) in [5.41, 5.74) is 2.47. The molecule has 2 aliphatic rings. The third kappa shape index (κ3) is 6.18. The molecule has 0 bridgehead atoms. The summed E-state index contributed by atoms with van der Waals surface area (Å²) in [6.07, 6.45) is 8.22. The number of imidazole rings is 1. The molecular weight excluding hydrogens is 493 g/mol. The lowest BCUT2D eigenvalue weighted by Gasteiger charge is -2.37. The molecule has 1 N–H and O–H groups in total. The minimum atomic E-state index is 0. The van der Waals surface area contributed by atoms with Gasteiger partial charge in [-0.25, -0.2) is 9.98 Å². The molecule has 2 fully saturated rings. The second-order valence-electron chi connectivity index (χ2n) is 7.63. The van der Waals surface area contributed by atoms with Gasteiger partial charge in [0.2, 0.25) is 0 Å². The van der Waals surface area contributed by atoms with Gasteiger partial charge in [-0.15, -0.1) is 24.0 Å². The highest BCUT2D eigenvalue weighted by Crippen LogP contribution is 2.21. The van der Waals surface area contributed by atoms with E-state index < -0.39 is 0 Å². The summed E-state index contributed by atoms with van der Waals surface area (Å²) in [7, 11) is 0. The number of aromatic nitrogens is 2. The zero-order valence-electron chi connectivity index (χ0n) is 17.6. The highest BCUT2D eigenvalue weighted by molar-refractivity contribution is 14.0. The van der Waals surface area contributed by atoms with Crippen molar-refractivity contribution < 1.29 is 9.47 Å². The fourth-order valence-electron chi connectivity index (χ4n) is 4.00. The summed E-state index contributed by atoms with van der Waals surface area (Å²) in [5.74, 6) is 0.957. The maximum atomic E-state index is 5.99. The molecule has 4 rings (SSSR count). The molecule has 2 aliphatic heterocycles. The topological polar surface area (TPSA) is 63.9 Å². The minimum absolute atomic E-state index is 0. The number of guanidine groups is 1. The van der Waals surface area contributed by atoms with Gasteiger partial charge < -0.3 is 24.3 Å². The van der Waals surface area contributed by atoms with Gasteiger partial charge in [0.25, 0.3) is 0 Å². The molecule has 2 atom stereocenters. The third-order valence-electron chi connectivity index (χ3n) is 5.43. The van der Waals surface area contributed by atoms with Gasteiger partial charge in [-0.3, -0.25) is 0 Å². The van der Waals surface area contributed by atoms with Crippen LogP contribution in [0.4, 0.5) is 0 Å². The predicted molar refractivity (Wildman–Crippen MR) is 128 cm³/mol. The van der Waals surface area contributed by atoms with Gasteiger partial charge in [-0.05, 0) is 30.9 Å². The summed E-state index contributed by atoms with van der Waals surface area (Å²) in [4.78, 5) is 11.4. The van der Waals surface area contributed by atoms with Crippen molar-refractivity contribution in [2.45, 2.75) is 45.1 Å². The highest BCUT2D eigenvalue weighted by atomic mass is 127. The standard InChI is InChI=1S/C22H31N5O2.HI/c1-2-24-22(27-10-12-29-21(16-27)20-7-4-11-28-20)25-14-18-5-3-6-19(13-18)15-26-9-8-23-17-26;/h3,5-6,8-9,13,17,20-21H,2,4,7,10-12,14-16H2,1H3,(H,24,25);1H. The van der Waals surface area contributed by atoms with Crippen LogP contribution in [0.5, 0.6) is 0 Å². The van der Waals surface area contributed by atoms with Gasteiger partial charge >= 0.3 is 0 Å². The number of nitrogens with one attached hydrogen (secondary N) is 1. The molecule has 0 radical (unpaired) electrons. The molecule has 8 heteroatoms. The maximum Gasteiger partial charge on any atom is 0.194 e. The van der Waals surface area contributed by atoms with Crippen molar-refractivity contribution in [3.63, 3.8) is 0 Å². The number of benzene rings is 1. The first-order valence-electron chi connectivity index (χ1n) is 10.6. The van der Waals surface area contributed by atoms with Crippen LogP contribution in [0.15, 0.2) is 48.0 Å². The molecule has 1 aromatic carbocycles. The Balaban J connectivity index is 0.00000256. The van der Waals surface area contributed by atoms with Crippen molar-refractivity contribution in [1.29, 1.82) is 0 Å². The fraction of sp³-hybridized carbons (Fsp3) is 0.545. The highest BCUT2D eigenvalue weighted by Gasteiger charge is 2.32. The Hall–Kier alpha value is -1.65. The number of nitrogens with zero attached hydrogens (tertiary/aromatic N) is 4. The maximum absolute atomic E-state index is 5.99. The smallest absolute Gasteiger partial charge is 0.194 e. The Kier molecular flexibility index (Phi) is 8.95. The van der Waals surface area contributed by atoms with E-state index in [9.17, 15) is 0 Å². The van der Waals surface area contributed by atoms with Gasteiger partial charge in [0.1, 0.15) is 6.10 Å². The van der Waals surface area contributed by atoms with E-state index in [-0.39, 0.29) is 36.2 Å². The number of hydrogen-bond donors (Lipinski definition) is 1. The normalized spacial score (nSPS) is 22.0. The van der Waals surface area contributed by atoms with Crippen molar-refractivity contribution in [1.82, 2.24) is 19.8 Å². The number of hydrogen-bond acceptors (Lipinski definition) is 4. The quantitative estimate of drug-likeness (QED) is 0.357. The molecule has 7 nitrogen and oxygen atoms in total. The van der Waals surface area contributed by atoms with Crippen molar-refractivity contribution in [2.75, 3.05) is 32.8 Å². The Bertz CT molecular complexity index is 793. The van der Waals surface area contributed by atoms with Gasteiger partial charge in [0.15, 0.2) is 5.96 Å². The van der Waals surface area contributed by atoms with E-state index in [0.29, 0.717) is 6.54 Å². The molecule has 2 unspecified atom stereocenters. The van der Waals surface area contributed by atoms with Crippen LogP contribution in [0.1, 0.15) is 30.9 Å². The van der Waals surface area contributed by atoms with Crippen LogP contribution in [0.3, 0.4) is 0 Å². The Morgan fingerprint density at radius 2 is 2.10 bits per heavy atom. The lowest BCUT2D eigenvalue weighted by atomic mass is 10.1. The van der Waals surface area contributed by atoms with E-state index in [1.165, 1.54) is 11.1 Å².